The van der Waals surface area contributed by atoms with Crippen LogP contribution in [0.2, 0.25) is 0 Å². The van der Waals surface area contributed by atoms with Crippen molar-refractivity contribution in [3.05, 3.63) is 57.7 Å². The van der Waals surface area contributed by atoms with Crippen LogP contribution in [0.15, 0.2) is 42.9 Å². The van der Waals surface area contributed by atoms with E-state index in [1.165, 1.54) is 0 Å². The van der Waals surface area contributed by atoms with Gasteiger partial charge in [-0.05, 0) is 34.7 Å². The molecule has 0 fully saturated rings. The molecule has 0 spiro atoms. The Bertz CT molecular complexity index is 532. The van der Waals surface area contributed by atoms with E-state index in [-0.39, 0.29) is 5.76 Å². The third-order valence-electron chi connectivity index (χ3n) is 2.29. The van der Waals surface area contributed by atoms with Crippen molar-refractivity contribution in [3.8, 4) is 0 Å². The number of aromatic nitrogens is 2. The molecule has 86 valence electrons. The Kier molecular flexibility index (Phi) is 3.73. The fourth-order valence-corrected chi connectivity index (χ4v) is 1.71. The van der Waals surface area contributed by atoms with E-state index in [1.54, 1.807) is 17.1 Å². The zero-order valence-corrected chi connectivity index (χ0v) is 11.5. The summed E-state index contributed by atoms with van der Waals surface area (Å²) >= 11 is 2.23. The molecule has 0 aliphatic carbocycles. The van der Waals surface area contributed by atoms with E-state index in [0.29, 0.717) is 0 Å². The summed E-state index contributed by atoms with van der Waals surface area (Å²) in [6.07, 6.45) is 5.15. The molecule has 0 radical (unpaired) electrons. The second-order valence-corrected chi connectivity index (χ2v) is 4.92. The summed E-state index contributed by atoms with van der Waals surface area (Å²) in [5, 5.41) is 9.94. The molecular formula is C13H12IN2O+. The molecule has 1 heterocycles. The van der Waals surface area contributed by atoms with Crippen LogP contribution in [0.5, 0.6) is 0 Å². The Hall–Kier alpha value is -1.43. The van der Waals surface area contributed by atoms with Crippen molar-refractivity contribution in [3.63, 3.8) is 0 Å². The monoisotopic (exact) mass is 339 g/mol. The minimum absolute atomic E-state index is 0.219. The van der Waals surface area contributed by atoms with Gasteiger partial charge in [0, 0.05) is 22.1 Å². The van der Waals surface area contributed by atoms with Crippen LogP contribution in [-0.4, -0.2) is 10.1 Å². The van der Waals surface area contributed by atoms with E-state index in [9.17, 15) is 5.11 Å². The van der Waals surface area contributed by atoms with Crippen molar-refractivity contribution in [2.75, 3.05) is 0 Å². The standard InChI is InChI=1S/C13H11IN2O/c1-10-6-7-16(9-15-10)8-13(17)11-2-4-12(14)5-3-11/h2-9H,1H3/p+1/b13-8+. The molecule has 0 saturated heterocycles. The molecule has 0 aliphatic heterocycles. The number of benzene rings is 1. The zero-order valence-electron chi connectivity index (χ0n) is 9.34. The van der Waals surface area contributed by atoms with Gasteiger partial charge in [-0.3, -0.25) is 0 Å². The molecule has 0 aliphatic rings. The number of aliphatic hydroxyl groups is 1. The van der Waals surface area contributed by atoms with Gasteiger partial charge in [-0.1, -0.05) is 17.1 Å². The van der Waals surface area contributed by atoms with Crippen LogP contribution in [0.3, 0.4) is 0 Å². The second-order valence-electron chi connectivity index (χ2n) is 3.67. The lowest BCUT2D eigenvalue weighted by Gasteiger charge is -1.99. The average Bonchev–Trinajstić information content (AvgIpc) is 2.33. The molecule has 2 rings (SSSR count). The summed E-state index contributed by atoms with van der Waals surface area (Å²) in [5.74, 6) is 0.219. The van der Waals surface area contributed by atoms with Gasteiger partial charge in [0.2, 0.25) is 0 Å². The molecular weight excluding hydrogens is 327 g/mol. The van der Waals surface area contributed by atoms with E-state index >= 15 is 0 Å². The van der Waals surface area contributed by atoms with Gasteiger partial charge >= 0.3 is 0 Å². The van der Waals surface area contributed by atoms with Crippen LogP contribution in [0.1, 0.15) is 11.3 Å². The lowest BCUT2D eigenvalue weighted by molar-refractivity contribution is -0.571. The second kappa shape index (κ2) is 5.27. The molecule has 1 aromatic heterocycles. The zero-order chi connectivity index (χ0) is 12.3. The highest BCUT2D eigenvalue weighted by Gasteiger charge is 2.02. The number of aliphatic hydroxyl groups excluding tert-OH is 1. The quantitative estimate of drug-likeness (QED) is 0.519. The number of aryl methyl sites for hydroxylation is 1. The van der Waals surface area contributed by atoms with Crippen molar-refractivity contribution in [2.45, 2.75) is 6.92 Å². The Morgan fingerprint density at radius 3 is 2.59 bits per heavy atom. The Balaban J connectivity index is 2.27. The van der Waals surface area contributed by atoms with E-state index in [2.05, 4.69) is 27.6 Å². The first-order valence-electron chi connectivity index (χ1n) is 5.15. The van der Waals surface area contributed by atoms with Crippen LogP contribution >= 0.6 is 22.6 Å². The number of rotatable bonds is 2. The molecule has 0 bridgehead atoms. The summed E-state index contributed by atoms with van der Waals surface area (Å²) in [4.78, 5) is 4.15. The van der Waals surface area contributed by atoms with E-state index in [0.717, 1.165) is 14.8 Å². The molecule has 4 heteroatoms. The number of nitrogens with zero attached hydrogens (tertiary/aromatic N) is 2. The molecule has 1 N–H and O–H groups in total. The van der Waals surface area contributed by atoms with Gasteiger partial charge in [0.1, 0.15) is 6.20 Å². The Morgan fingerprint density at radius 2 is 2.00 bits per heavy atom. The summed E-state index contributed by atoms with van der Waals surface area (Å²) in [7, 11) is 0. The van der Waals surface area contributed by atoms with Crippen LogP contribution in [0.4, 0.5) is 0 Å². The maximum atomic E-state index is 9.94. The fourth-order valence-electron chi connectivity index (χ4n) is 1.35. The SMILES string of the molecule is Cc1cc[n+](/C=C(/O)c2ccc(I)cc2)cn1. The number of halogens is 1. The first kappa shape index (κ1) is 12.0. The third-order valence-corrected chi connectivity index (χ3v) is 3.01. The average molecular weight is 339 g/mol. The predicted octanol–water partition coefficient (Wildman–Crippen LogP) is 2.80. The predicted molar refractivity (Wildman–Crippen MR) is 75.1 cm³/mol. The fraction of sp³-hybridized carbons (Fsp3) is 0.0769. The van der Waals surface area contributed by atoms with Gasteiger partial charge in [-0.15, -0.1) is 0 Å². The first-order chi connectivity index (χ1) is 8.15. The molecule has 3 nitrogen and oxygen atoms in total. The largest absolute Gasteiger partial charge is 0.504 e. The smallest absolute Gasteiger partial charge is 0.291 e. The highest BCUT2D eigenvalue weighted by molar-refractivity contribution is 14.1. The van der Waals surface area contributed by atoms with Crippen molar-refractivity contribution in [1.29, 1.82) is 0 Å². The van der Waals surface area contributed by atoms with Crippen molar-refractivity contribution < 1.29 is 9.67 Å². The third kappa shape index (κ3) is 3.26. The molecule has 0 saturated carbocycles. The number of hydrogen-bond acceptors (Lipinski definition) is 2. The van der Waals surface area contributed by atoms with Crippen molar-refractivity contribution >= 4 is 34.5 Å². The van der Waals surface area contributed by atoms with Gasteiger partial charge in [0.15, 0.2) is 11.5 Å². The lowest BCUT2D eigenvalue weighted by atomic mass is 10.2. The van der Waals surface area contributed by atoms with E-state index < -0.39 is 0 Å². The molecule has 0 unspecified atom stereocenters. The van der Waals surface area contributed by atoms with E-state index in [4.69, 9.17) is 0 Å². The maximum absolute atomic E-state index is 9.94. The van der Waals surface area contributed by atoms with Crippen LogP contribution in [-0.2, 0) is 0 Å². The molecule has 1 aromatic carbocycles. The normalized spacial score (nSPS) is 11.5. The molecule has 0 amide bonds. The van der Waals surface area contributed by atoms with Crippen molar-refractivity contribution in [1.82, 2.24) is 4.98 Å². The van der Waals surface area contributed by atoms with Gasteiger partial charge in [-0.2, -0.15) is 0 Å². The van der Waals surface area contributed by atoms with Gasteiger partial charge in [0.05, 0.1) is 6.20 Å². The van der Waals surface area contributed by atoms with Crippen LogP contribution < -0.4 is 4.57 Å². The molecule has 17 heavy (non-hydrogen) atoms. The maximum Gasteiger partial charge on any atom is 0.291 e. The molecule has 2 aromatic rings. The van der Waals surface area contributed by atoms with Crippen LogP contribution in [0.25, 0.3) is 12.0 Å². The van der Waals surface area contributed by atoms with Gasteiger partial charge in [0.25, 0.3) is 6.33 Å². The Labute approximate surface area is 114 Å². The lowest BCUT2D eigenvalue weighted by Crippen LogP contribution is -2.26. The molecule has 0 atom stereocenters. The minimum atomic E-state index is 0.219. The van der Waals surface area contributed by atoms with E-state index in [1.807, 2.05) is 43.5 Å². The summed E-state index contributed by atoms with van der Waals surface area (Å²) in [6.45, 7) is 1.92. The Morgan fingerprint density at radius 1 is 1.29 bits per heavy atom. The minimum Gasteiger partial charge on any atom is -0.504 e. The van der Waals surface area contributed by atoms with Gasteiger partial charge in [-0.25, -0.2) is 4.57 Å². The number of hydrogen-bond donors (Lipinski definition) is 1. The topological polar surface area (TPSA) is 37.0 Å². The highest BCUT2D eigenvalue weighted by Crippen LogP contribution is 2.13. The highest BCUT2D eigenvalue weighted by atomic mass is 127. The first-order valence-corrected chi connectivity index (χ1v) is 6.23. The van der Waals surface area contributed by atoms with Gasteiger partial charge < -0.3 is 5.11 Å². The summed E-state index contributed by atoms with van der Waals surface area (Å²) < 4.78 is 2.86. The summed E-state index contributed by atoms with van der Waals surface area (Å²) in [5.41, 5.74) is 1.74. The van der Waals surface area contributed by atoms with Crippen molar-refractivity contribution in [2.24, 2.45) is 0 Å². The summed E-state index contributed by atoms with van der Waals surface area (Å²) in [6, 6.07) is 9.57. The van der Waals surface area contributed by atoms with Crippen LogP contribution in [0, 0.1) is 10.5 Å².